The molecule has 1 heterocycles. The van der Waals surface area contributed by atoms with E-state index in [4.69, 9.17) is 14.6 Å². The molecule has 0 bridgehead atoms. The van der Waals surface area contributed by atoms with Gasteiger partial charge in [-0.3, -0.25) is 4.79 Å². The van der Waals surface area contributed by atoms with Crippen molar-refractivity contribution < 1.29 is 14.6 Å². The molecule has 0 atom stereocenters. The number of ether oxygens (including phenoxy) is 2. The van der Waals surface area contributed by atoms with Gasteiger partial charge in [0.2, 0.25) is 0 Å². The van der Waals surface area contributed by atoms with Gasteiger partial charge < -0.3 is 19.1 Å². The minimum atomic E-state index is -0.178. The van der Waals surface area contributed by atoms with Crippen LogP contribution in [-0.4, -0.2) is 30.5 Å². The molecule has 102 valence electrons. The first-order valence-electron chi connectivity index (χ1n) is 5.99. The Morgan fingerprint density at radius 3 is 2.58 bits per heavy atom. The number of aliphatic hydroxyl groups excluding tert-OH is 1. The summed E-state index contributed by atoms with van der Waals surface area (Å²) in [6.45, 7) is -0.0962. The predicted octanol–water partition coefficient (Wildman–Crippen LogP) is 1.09. The number of aryl methyl sites for hydroxylation is 1. The van der Waals surface area contributed by atoms with Crippen LogP contribution in [0.5, 0.6) is 11.5 Å². The van der Waals surface area contributed by atoms with E-state index in [-0.39, 0.29) is 18.6 Å². The van der Waals surface area contributed by atoms with Crippen molar-refractivity contribution in [2.75, 3.05) is 20.8 Å². The number of nitrogens with zero attached hydrogens (tertiary/aromatic N) is 1. The fourth-order valence-corrected chi connectivity index (χ4v) is 2.35. The topological polar surface area (TPSA) is 60.7 Å². The minimum Gasteiger partial charge on any atom is -0.496 e. The van der Waals surface area contributed by atoms with Gasteiger partial charge in [0.15, 0.2) is 0 Å². The SMILES string of the molecule is COc1c(CCO)c(=O)n(C)c2c(OC)cccc12. The lowest BCUT2D eigenvalue weighted by Gasteiger charge is -2.16. The molecule has 0 radical (unpaired) electrons. The molecule has 19 heavy (non-hydrogen) atoms. The van der Waals surface area contributed by atoms with Crippen molar-refractivity contribution in [3.63, 3.8) is 0 Å². The quantitative estimate of drug-likeness (QED) is 0.897. The zero-order valence-corrected chi connectivity index (χ0v) is 11.3. The van der Waals surface area contributed by atoms with Gasteiger partial charge in [0.25, 0.3) is 5.56 Å². The Hall–Kier alpha value is -2.01. The molecule has 1 N–H and O–H groups in total. The molecule has 0 aliphatic rings. The fourth-order valence-electron chi connectivity index (χ4n) is 2.35. The number of hydrogen-bond donors (Lipinski definition) is 1. The van der Waals surface area contributed by atoms with E-state index >= 15 is 0 Å². The summed E-state index contributed by atoms with van der Waals surface area (Å²) >= 11 is 0. The highest BCUT2D eigenvalue weighted by Crippen LogP contribution is 2.32. The van der Waals surface area contributed by atoms with Gasteiger partial charge in [-0.15, -0.1) is 0 Å². The molecule has 2 rings (SSSR count). The van der Waals surface area contributed by atoms with Crippen LogP contribution < -0.4 is 15.0 Å². The third kappa shape index (κ3) is 2.06. The molecule has 5 heteroatoms. The van der Waals surface area contributed by atoms with Gasteiger partial charge in [-0.2, -0.15) is 0 Å². The molecular weight excluding hydrogens is 246 g/mol. The number of methoxy groups -OCH3 is 2. The smallest absolute Gasteiger partial charge is 0.257 e. The van der Waals surface area contributed by atoms with Crippen molar-refractivity contribution in [3.8, 4) is 11.5 Å². The van der Waals surface area contributed by atoms with Crippen molar-refractivity contribution >= 4 is 10.9 Å². The molecule has 0 spiro atoms. The molecule has 0 saturated carbocycles. The van der Waals surface area contributed by atoms with Crippen LogP contribution in [0, 0.1) is 0 Å². The van der Waals surface area contributed by atoms with E-state index in [1.54, 1.807) is 20.2 Å². The summed E-state index contributed by atoms with van der Waals surface area (Å²) in [6.07, 6.45) is 0.267. The molecule has 0 aliphatic carbocycles. The zero-order chi connectivity index (χ0) is 14.0. The first-order chi connectivity index (χ1) is 9.15. The van der Waals surface area contributed by atoms with Crippen molar-refractivity contribution in [2.45, 2.75) is 6.42 Å². The Kier molecular flexibility index (Phi) is 3.76. The molecule has 2 aromatic rings. The molecule has 0 unspecified atom stereocenters. The predicted molar refractivity (Wildman–Crippen MR) is 73.1 cm³/mol. The normalized spacial score (nSPS) is 10.7. The maximum Gasteiger partial charge on any atom is 0.257 e. The highest BCUT2D eigenvalue weighted by molar-refractivity contribution is 5.91. The lowest BCUT2D eigenvalue weighted by Crippen LogP contribution is -2.23. The van der Waals surface area contributed by atoms with E-state index in [1.165, 1.54) is 11.7 Å². The van der Waals surface area contributed by atoms with Crippen molar-refractivity contribution in [3.05, 3.63) is 34.1 Å². The molecule has 0 saturated heterocycles. The zero-order valence-electron chi connectivity index (χ0n) is 11.3. The number of fused-ring (bicyclic) bond motifs is 1. The van der Waals surface area contributed by atoms with Gasteiger partial charge in [-0.1, -0.05) is 6.07 Å². The number of para-hydroxylation sites is 1. The Bertz CT molecular complexity index is 661. The van der Waals surface area contributed by atoms with Gasteiger partial charge >= 0.3 is 0 Å². The number of aromatic nitrogens is 1. The van der Waals surface area contributed by atoms with E-state index in [2.05, 4.69) is 0 Å². The summed E-state index contributed by atoms with van der Waals surface area (Å²) < 4.78 is 12.2. The highest BCUT2D eigenvalue weighted by Gasteiger charge is 2.17. The van der Waals surface area contributed by atoms with E-state index in [0.29, 0.717) is 22.6 Å². The largest absolute Gasteiger partial charge is 0.496 e. The first kappa shape index (κ1) is 13.4. The van der Waals surface area contributed by atoms with Gasteiger partial charge in [-0.05, 0) is 12.1 Å². The maximum absolute atomic E-state index is 12.3. The molecule has 0 amide bonds. The minimum absolute atomic E-state index is 0.0962. The Labute approximate surface area is 111 Å². The van der Waals surface area contributed by atoms with Gasteiger partial charge in [0.05, 0.1) is 25.3 Å². The van der Waals surface area contributed by atoms with E-state index in [0.717, 1.165) is 5.39 Å². The van der Waals surface area contributed by atoms with E-state index < -0.39 is 0 Å². The van der Waals surface area contributed by atoms with Gasteiger partial charge in [-0.25, -0.2) is 0 Å². The standard InChI is InChI=1S/C14H17NO4/c1-15-12-9(5-4-6-11(12)18-2)13(19-3)10(7-8-16)14(15)17/h4-6,16H,7-8H2,1-3H3. The van der Waals surface area contributed by atoms with Crippen LogP contribution >= 0.6 is 0 Å². The third-order valence-electron chi connectivity index (χ3n) is 3.20. The van der Waals surface area contributed by atoms with Crippen LogP contribution in [0.15, 0.2) is 23.0 Å². The van der Waals surface area contributed by atoms with Crippen LogP contribution in [0.4, 0.5) is 0 Å². The van der Waals surface area contributed by atoms with Gasteiger partial charge in [0.1, 0.15) is 11.5 Å². The highest BCUT2D eigenvalue weighted by atomic mass is 16.5. The molecule has 1 aromatic carbocycles. The monoisotopic (exact) mass is 263 g/mol. The number of aliphatic hydroxyl groups is 1. The van der Waals surface area contributed by atoms with E-state index in [9.17, 15) is 4.79 Å². The van der Waals surface area contributed by atoms with E-state index in [1.807, 2.05) is 12.1 Å². The second-order valence-corrected chi connectivity index (χ2v) is 4.21. The number of benzene rings is 1. The first-order valence-corrected chi connectivity index (χ1v) is 5.99. The summed E-state index contributed by atoms with van der Waals surface area (Å²) in [4.78, 5) is 12.3. The van der Waals surface area contributed by atoms with Crippen molar-refractivity contribution in [2.24, 2.45) is 7.05 Å². The Morgan fingerprint density at radius 1 is 1.26 bits per heavy atom. The summed E-state index contributed by atoms with van der Waals surface area (Å²) in [7, 11) is 4.77. The summed E-state index contributed by atoms with van der Waals surface area (Å²) in [5.41, 5.74) is 0.990. The lowest BCUT2D eigenvalue weighted by atomic mass is 10.1. The fraction of sp³-hybridized carbons (Fsp3) is 0.357. The van der Waals surface area contributed by atoms with Crippen LogP contribution in [0.3, 0.4) is 0 Å². The second kappa shape index (κ2) is 5.32. The Morgan fingerprint density at radius 2 is 2.00 bits per heavy atom. The number of pyridine rings is 1. The second-order valence-electron chi connectivity index (χ2n) is 4.21. The summed E-state index contributed by atoms with van der Waals surface area (Å²) in [5.74, 6) is 1.12. The van der Waals surface area contributed by atoms with Crippen LogP contribution in [0.1, 0.15) is 5.56 Å². The third-order valence-corrected chi connectivity index (χ3v) is 3.20. The van der Waals surface area contributed by atoms with Crippen molar-refractivity contribution in [1.82, 2.24) is 4.57 Å². The van der Waals surface area contributed by atoms with Crippen LogP contribution in [0.25, 0.3) is 10.9 Å². The Balaban J connectivity index is 2.95. The maximum atomic E-state index is 12.3. The summed E-state index contributed by atoms with van der Waals surface area (Å²) in [5, 5.41) is 9.90. The average Bonchev–Trinajstić information content (AvgIpc) is 2.44. The summed E-state index contributed by atoms with van der Waals surface area (Å²) in [6, 6.07) is 5.51. The van der Waals surface area contributed by atoms with Gasteiger partial charge in [0, 0.05) is 25.5 Å². The molecule has 0 fully saturated rings. The lowest BCUT2D eigenvalue weighted by molar-refractivity contribution is 0.296. The van der Waals surface area contributed by atoms with Crippen LogP contribution in [0.2, 0.25) is 0 Å². The number of hydrogen-bond acceptors (Lipinski definition) is 4. The molecule has 5 nitrogen and oxygen atoms in total. The van der Waals surface area contributed by atoms with Crippen molar-refractivity contribution in [1.29, 1.82) is 0 Å². The molecule has 1 aromatic heterocycles. The van der Waals surface area contributed by atoms with Crippen LogP contribution in [-0.2, 0) is 13.5 Å². The molecular formula is C14H17NO4. The number of rotatable bonds is 4. The molecule has 0 aliphatic heterocycles. The average molecular weight is 263 g/mol.